The maximum Gasteiger partial charge on any atom is 0.335 e. The molecular formula is C20H34N2O2. The fraction of sp³-hybridized carbons (Fsp3) is 0.650. The largest absolute Gasteiger partial charge is 0.478 e. The molecule has 0 saturated heterocycles. The van der Waals surface area contributed by atoms with Crippen LogP contribution in [0.5, 0.6) is 0 Å². The molecule has 0 heterocycles. The number of aromatic carboxylic acids is 1. The molecule has 3 N–H and O–H groups in total. The normalized spacial score (nSPS) is 10.7. The monoisotopic (exact) mass is 334 g/mol. The molecule has 0 aliphatic heterocycles. The van der Waals surface area contributed by atoms with Crippen LogP contribution in [-0.4, -0.2) is 17.6 Å². The van der Waals surface area contributed by atoms with E-state index in [4.69, 9.17) is 5.11 Å². The van der Waals surface area contributed by atoms with Crippen molar-refractivity contribution in [3.63, 3.8) is 0 Å². The predicted octanol–water partition coefficient (Wildman–Crippen LogP) is 5.61. The topological polar surface area (TPSA) is 61.4 Å². The first-order valence-electron chi connectivity index (χ1n) is 9.56. The summed E-state index contributed by atoms with van der Waals surface area (Å²) in [7, 11) is 0. The van der Waals surface area contributed by atoms with Gasteiger partial charge in [0.2, 0.25) is 0 Å². The SMILES string of the molecule is CCCCCCCCCCCCCNNc1ccc(C(=O)O)cc1. The van der Waals surface area contributed by atoms with Gasteiger partial charge in [0.15, 0.2) is 0 Å². The van der Waals surface area contributed by atoms with Crippen molar-refractivity contribution in [2.24, 2.45) is 0 Å². The number of hydrogen-bond acceptors (Lipinski definition) is 3. The minimum Gasteiger partial charge on any atom is -0.478 e. The second-order valence-corrected chi connectivity index (χ2v) is 6.47. The first-order chi connectivity index (χ1) is 11.7. The minimum absolute atomic E-state index is 0.311. The van der Waals surface area contributed by atoms with Crippen LogP contribution in [0.2, 0.25) is 0 Å². The molecule has 0 spiro atoms. The van der Waals surface area contributed by atoms with E-state index in [-0.39, 0.29) is 0 Å². The van der Waals surface area contributed by atoms with Crippen LogP contribution in [0.3, 0.4) is 0 Å². The van der Waals surface area contributed by atoms with Crippen molar-refractivity contribution in [3.8, 4) is 0 Å². The smallest absolute Gasteiger partial charge is 0.335 e. The van der Waals surface area contributed by atoms with E-state index in [1.165, 1.54) is 64.2 Å². The third kappa shape index (κ3) is 10.3. The Labute approximate surface area is 147 Å². The van der Waals surface area contributed by atoms with Gasteiger partial charge in [-0.2, -0.15) is 0 Å². The Balaban J connectivity index is 1.87. The molecule has 0 saturated carbocycles. The van der Waals surface area contributed by atoms with Crippen LogP contribution in [0.1, 0.15) is 87.9 Å². The Bertz CT molecular complexity index is 432. The second-order valence-electron chi connectivity index (χ2n) is 6.47. The Morgan fingerprint density at radius 3 is 1.83 bits per heavy atom. The summed E-state index contributed by atoms with van der Waals surface area (Å²) >= 11 is 0. The Hall–Kier alpha value is -1.55. The highest BCUT2D eigenvalue weighted by atomic mass is 16.4. The van der Waals surface area contributed by atoms with Gasteiger partial charge in [-0.25, -0.2) is 10.2 Å². The average molecular weight is 335 g/mol. The number of nitrogens with one attached hydrogen (secondary N) is 2. The molecule has 136 valence electrons. The van der Waals surface area contributed by atoms with Crippen molar-refractivity contribution in [1.82, 2.24) is 5.43 Å². The molecule has 0 aliphatic rings. The van der Waals surface area contributed by atoms with Crippen molar-refractivity contribution < 1.29 is 9.90 Å². The number of rotatable bonds is 15. The van der Waals surface area contributed by atoms with Gasteiger partial charge >= 0.3 is 5.97 Å². The molecule has 1 rings (SSSR count). The zero-order chi connectivity index (χ0) is 17.5. The van der Waals surface area contributed by atoms with E-state index in [0.717, 1.165) is 18.7 Å². The molecule has 0 aromatic heterocycles. The average Bonchev–Trinajstić information content (AvgIpc) is 2.59. The Morgan fingerprint density at radius 1 is 0.833 bits per heavy atom. The van der Waals surface area contributed by atoms with Gasteiger partial charge in [-0.05, 0) is 30.7 Å². The maximum absolute atomic E-state index is 10.8. The van der Waals surface area contributed by atoms with Gasteiger partial charge < -0.3 is 10.5 Å². The third-order valence-electron chi connectivity index (χ3n) is 4.27. The molecule has 1 aromatic rings. The maximum atomic E-state index is 10.8. The first-order valence-corrected chi connectivity index (χ1v) is 9.56. The van der Waals surface area contributed by atoms with Gasteiger partial charge in [-0.3, -0.25) is 0 Å². The van der Waals surface area contributed by atoms with E-state index in [9.17, 15) is 4.79 Å². The molecule has 0 fully saturated rings. The quantitative estimate of drug-likeness (QED) is 0.288. The van der Waals surface area contributed by atoms with E-state index in [2.05, 4.69) is 17.8 Å². The summed E-state index contributed by atoms with van der Waals surface area (Å²) < 4.78 is 0. The molecule has 24 heavy (non-hydrogen) atoms. The van der Waals surface area contributed by atoms with E-state index in [0.29, 0.717) is 5.56 Å². The van der Waals surface area contributed by atoms with Crippen molar-refractivity contribution in [2.75, 3.05) is 12.0 Å². The molecule has 0 radical (unpaired) electrons. The van der Waals surface area contributed by atoms with Gasteiger partial charge in [-0.1, -0.05) is 71.1 Å². The van der Waals surface area contributed by atoms with Gasteiger partial charge in [0, 0.05) is 12.2 Å². The molecule has 0 aliphatic carbocycles. The highest BCUT2D eigenvalue weighted by Gasteiger charge is 2.00. The summed E-state index contributed by atoms with van der Waals surface area (Å²) in [5, 5.41) is 8.84. The van der Waals surface area contributed by atoms with Gasteiger partial charge in [-0.15, -0.1) is 0 Å². The van der Waals surface area contributed by atoms with Crippen LogP contribution in [0.15, 0.2) is 24.3 Å². The molecule has 0 amide bonds. The lowest BCUT2D eigenvalue weighted by atomic mass is 10.1. The molecular weight excluding hydrogens is 300 g/mol. The highest BCUT2D eigenvalue weighted by molar-refractivity contribution is 5.87. The standard InChI is InChI=1S/C20H34N2O2/c1-2-3-4-5-6-7-8-9-10-11-12-17-21-22-19-15-13-18(14-16-19)20(23)24/h13-16,21-22H,2-12,17H2,1H3,(H,23,24). The van der Waals surface area contributed by atoms with Crippen molar-refractivity contribution in [3.05, 3.63) is 29.8 Å². The summed E-state index contributed by atoms with van der Waals surface area (Å²) in [5.74, 6) is -0.893. The predicted molar refractivity (Wildman–Crippen MR) is 101 cm³/mol. The Morgan fingerprint density at radius 2 is 1.33 bits per heavy atom. The number of hydrazine groups is 1. The zero-order valence-electron chi connectivity index (χ0n) is 15.2. The molecule has 4 heteroatoms. The van der Waals surface area contributed by atoms with Crippen LogP contribution in [0, 0.1) is 0 Å². The van der Waals surface area contributed by atoms with E-state index in [1.807, 2.05) is 0 Å². The molecule has 0 atom stereocenters. The summed E-state index contributed by atoms with van der Waals surface area (Å²) in [6.07, 6.45) is 14.9. The van der Waals surface area contributed by atoms with E-state index in [1.54, 1.807) is 24.3 Å². The lowest BCUT2D eigenvalue weighted by molar-refractivity contribution is 0.0697. The summed E-state index contributed by atoms with van der Waals surface area (Å²) in [4.78, 5) is 10.8. The van der Waals surface area contributed by atoms with Crippen LogP contribution >= 0.6 is 0 Å². The van der Waals surface area contributed by atoms with E-state index < -0.39 is 5.97 Å². The fourth-order valence-corrected chi connectivity index (χ4v) is 2.74. The van der Waals surface area contributed by atoms with Gasteiger partial charge in [0.1, 0.15) is 0 Å². The Kier molecular flexibility index (Phi) is 11.8. The van der Waals surface area contributed by atoms with Crippen LogP contribution in [0.25, 0.3) is 0 Å². The zero-order valence-corrected chi connectivity index (χ0v) is 15.2. The second kappa shape index (κ2) is 13.8. The molecule has 4 nitrogen and oxygen atoms in total. The van der Waals surface area contributed by atoms with Crippen molar-refractivity contribution in [2.45, 2.75) is 77.6 Å². The molecule has 0 bridgehead atoms. The van der Waals surface area contributed by atoms with Crippen molar-refractivity contribution in [1.29, 1.82) is 0 Å². The number of carboxylic acids is 1. The summed E-state index contributed by atoms with van der Waals surface area (Å²) in [5.41, 5.74) is 7.49. The van der Waals surface area contributed by atoms with Gasteiger partial charge in [0.05, 0.1) is 5.56 Å². The van der Waals surface area contributed by atoms with Crippen molar-refractivity contribution >= 4 is 11.7 Å². The number of hydrogen-bond donors (Lipinski definition) is 3. The number of carbonyl (C=O) groups is 1. The summed E-state index contributed by atoms with van der Waals surface area (Å²) in [6, 6.07) is 6.76. The lowest BCUT2D eigenvalue weighted by Crippen LogP contribution is -2.22. The third-order valence-corrected chi connectivity index (χ3v) is 4.27. The number of unbranched alkanes of at least 4 members (excludes halogenated alkanes) is 10. The minimum atomic E-state index is -0.893. The number of anilines is 1. The van der Waals surface area contributed by atoms with Crippen LogP contribution < -0.4 is 10.9 Å². The fourth-order valence-electron chi connectivity index (χ4n) is 2.74. The van der Waals surface area contributed by atoms with Crippen LogP contribution in [0.4, 0.5) is 5.69 Å². The van der Waals surface area contributed by atoms with Gasteiger partial charge in [0.25, 0.3) is 0 Å². The van der Waals surface area contributed by atoms with E-state index >= 15 is 0 Å². The number of carboxylic acid groups (broad SMARTS) is 1. The highest BCUT2D eigenvalue weighted by Crippen LogP contribution is 2.11. The lowest BCUT2D eigenvalue weighted by Gasteiger charge is -2.08. The first kappa shape index (κ1) is 20.5. The summed E-state index contributed by atoms with van der Waals surface area (Å²) in [6.45, 7) is 3.19. The van der Waals surface area contributed by atoms with Crippen LogP contribution in [-0.2, 0) is 0 Å². The number of benzene rings is 1. The molecule has 0 unspecified atom stereocenters. The molecule has 1 aromatic carbocycles.